The van der Waals surface area contributed by atoms with E-state index in [0.717, 1.165) is 6.92 Å². The highest BCUT2D eigenvalue weighted by atomic mass is 35.5. The summed E-state index contributed by atoms with van der Waals surface area (Å²) >= 11 is 4.85. The standard InChI is InChI=1S/C6H8ClNO7S/c1-2-3(16(12,13)14)5(10)8(4(2)9)15-6(7)11/h9-10,12-14H,1H3. The highest BCUT2D eigenvalue weighted by molar-refractivity contribution is 8.19. The second kappa shape index (κ2) is 4.03. The van der Waals surface area contributed by atoms with Crippen molar-refractivity contribution in [3.8, 4) is 11.8 Å². The lowest BCUT2D eigenvalue weighted by Gasteiger charge is -2.18. The van der Waals surface area contributed by atoms with Crippen LogP contribution in [0.3, 0.4) is 0 Å². The second-order valence-electron chi connectivity index (χ2n) is 2.74. The fraction of sp³-hybridized carbons (Fsp3) is 0.167. The lowest BCUT2D eigenvalue weighted by molar-refractivity contribution is 0.128. The van der Waals surface area contributed by atoms with Gasteiger partial charge in [-0.3, -0.25) is 0 Å². The van der Waals surface area contributed by atoms with E-state index in [1.165, 1.54) is 0 Å². The number of nitrogens with zero attached hydrogens (tertiary/aromatic N) is 1. The first-order valence-electron chi connectivity index (χ1n) is 3.68. The van der Waals surface area contributed by atoms with E-state index in [9.17, 15) is 15.0 Å². The third kappa shape index (κ3) is 2.18. The Morgan fingerprint density at radius 3 is 2.12 bits per heavy atom. The normalized spacial score (nSPS) is 12.6. The number of carbonyl (C=O) groups excluding carboxylic acids is 1. The molecule has 0 bridgehead atoms. The van der Waals surface area contributed by atoms with Crippen LogP contribution in [0.15, 0.2) is 4.90 Å². The molecule has 1 aromatic rings. The van der Waals surface area contributed by atoms with E-state index >= 15 is 0 Å². The fourth-order valence-corrected chi connectivity index (χ4v) is 2.00. The molecule has 8 nitrogen and oxygen atoms in total. The number of hydrogen-bond acceptors (Lipinski definition) is 7. The van der Waals surface area contributed by atoms with Gasteiger partial charge in [0.2, 0.25) is 11.8 Å². The van der Waals surface area contributed by atoms with E-state index in [4.69, 9.17) is 25.3 Å². The van der Waals surface area contributed by atoms with Crippen LogP contribution in [0.25, 0.3) is 0 Å². The van der Waals surface area contributed by atoms with Gasteiger partial charge in [0.1, 0.15) is 15.8 Å². The topological polar surface area (TPSA) is 132 Å². The van der Waals surface area contributed by atoms with E-state index in [1.807, 2.05) is 0 Å². The molecule has 0 unspecified atom stereocenters. The van der Waals surface area contributed by atoms with E-state index < -0.39 is 33.0 Å². The molecule has 1 rings (SSSR count). The highest BCUT2D eigenvalue weighted by Crippen LogP contribution is 2.53. The van der Waals surface area contributed by atoms with Crippen molar-refractivity contribution >= 4 is 27.9 Å². The molecule has 5 N–H and O–H groups in total. The molecule has 0 radical (unpaired) electrons. The molecule has 10 heteroatoms. The van der Waals surface area contributed by atoms with Crippen molar-refractivity contribution in [3.05, 3.63) is 5.56 Å². The molecule has 0 aliphatic carbocycles. The Morgan fingerprint density at radius 1 is 1.31 bits per heavy atom. The molecule has 0 aromatic carbocycles. The van der Waals surface area contributed by atoms with Gasteiger partial charge >= 0.3 is 5.43 Å². The average molecular weight is 274 g/mol. The van der Waals surface area contributed by atoms with Crippen molar-refractivity contribution in [1.29, 1.82) is 0 Å². The van der Waals surface area contributed by atoms with Crippen molar-refractivity contribution in [2.24, 2.45) is 0 Å². The van der Waals surface area contributed by atoms with Gasteiger partial charge in [0.05, 0.1) is 0 Å². The minimum absolute atomic E-state index is 0.157. The Labute approximate surface area is 95.8 Å². The number of rotatable bonds is 2. The molecule has 0 saturated carbocycles. The molecule has 0 atom stereocenters. The number of hydrogen-bond donors (Lipinski definition) is 5. The minimum atomic E-state index is -4.27. The maximum atomic E-state index is 10.4. The summed E-state index contributed by atoms with van der Waals surface area (Å²) in [5.41, 5.74) is -1.64. The molecule has 0 spiro atoms. The molecule has 0 amide bonds. The predicted octanol–water partition coefficient (Wildman–Crippen LogP) is 1.58. The quantitative estimate of drug-likeness (QED) is 0.517. The summed E-state index contributed by atoms with van der Waals surface area (Å²) in [4.78, 5) is 13.8. The van der Waals surface area contributed by atoms with Gasteiger partial charge in [-0.05, 0) is 6.92 Å². The number of carbonyl (C=O) groups is 1. The lowest BCUT2D eigenvalue weighted by atomic mass is 10.4. The van der Waals surface area contributed by atoms with Crippen LogP contribution in [-0.4, -0.2) is 34.0 Å². The third-order valence-corrected chi connectivity index (χ3v) is 2.81. The molecular formula is C6H8ClNO7S. The van der Waals surface area contributed by atoms with Gasteiger partial charge in [0, 0.05) is 17.2 Å². The molecule has 1 heterocycles. The van der Waals surface area contributed by atoms with Crippen molar-refractivity contribution in [1.82, 2.24) is 4.73 Å². The summed E-state index contributed by atoms with van der Waals surface area (Å²) in [5, 5.41) is 18.7. The summed E-state index contributed by atoms with van der Waals surface area (Å²) in [6.07, 6.45) is 0. The van der Waals surface area contributed by atoms with Crippen molar-refractivity contribution in [3.63, 3.8) is 0 Å². The Morgan fingerprint density at radius 2 is 1.81 bits per heavy atom. The van der Waals surface area contributed by atoms with E-state index in [0.29, 0.717) is 0 Å². The maximum absolute atomic E-state index is 10.4. The first kappa shape index (κ1) is 12.9. The third-order valence-electron chi connectivity index (χ3n) is 1.70. The van der Waals surface area contributed by atoms with Crippen LogP contribution in [-0.2, 0) is 0 Å². The SMILES string of the molecule is Cc1c(S(O)(O)O)c(O)n(OC(=O)Cl)c1O. The van der Waals surface area contributed by atoms with Crippen LogP contribution in [0.4, 0.5) is 4.79 Å². The zero-order valence-electron chi connectivity index (χ0n) is 7.79. The van der Waals surface area contributed by atoms with Gasteiger partial charge in [-0.1, -0.05) is 0 Å². The Bertz CT molecular complexity index is 437. The maximum Gasteiger partial charge on any atom is 0.428 e. The van der Waals surface area contributed by atoms with Gasteiger partial charge in [-0.15, -0.1) is 4.73 Å². The van der Waals surface area contributed by atoms with Crippen LogP contribution in [0, 0.1) is 6.92 Å². The summed E-state index contributed by atoms with van der Waals surface area (Å²) in [5.74, 6) is -1.83. The second-order valence-corrected chi connectivity index (χ2v) is 4.50. The average Bonchev–Trinajstić information content (AvgIpc) is 2.28. The van der Waals surface area contributed by atoms with E-state index in [-0.39, 0.29) is 10.3 Å². The highest BCUT2D eigenvalue weighted by Gasteiger charge is 2.32. The fourth-order valence-electron chi connectivity index (χ4n) is 1.10. The molecule has 16 heavy (non-hydrogen) atoms. The van der Waals surface area contributed by atoms with E-state index in [1.54, 1.807) is 0 Å². The zero-order valence-corrected chi connectivity index (χ0v) is 9.36. The predicted molar refractivity (Wildman–Crippen MR) is 54.1 cm³/mol. The first-order chi connectivity index (χ1) is 7.16. The Balaban J connectivity index is 3.39. The number of aromatic nitrogens is 1. The minimum Gasteiger partial charge on any atom is -0.492 e. The number of halogens is 1. The lowest BCUT2D eigenvalue weighted by Crippen LogP contribution is -2.12. The largest absolute Gasteiger partial charge is 0.492 e. The van der Waals surface area contributed by atoms with Crippen LogP contribution in [0.2, 0.25) is 0 Å². The van der Waals surface area contributed by atoms with Crippen molar-refractivity contribution in [2.75, 3.05) is 0 Å². The molecule has 0 aliphatic heterocycles. The molecule has 0 fully saturated rings. The van der Waals surface area contributed by atoms with Crippen LogP contribution in [0.5, 0.6) is 11.8 Å². The Kier molecular flexibility index (Phi) is 3.26. The summed E-state index contributed by atoms with van der Waals surface area (Å²) in [7, 11) is -4.27. The van der Waals surface area contributed by atoms with Crippen molar-refractivity contribution in [2.45, 2.75) is 11.8 Å². The smallest absolute Gasteiger partial charge is 0.428 e. The summed E-state index contributed by atoms with van der Waals surface area (Å²) < 4.78 is 27.0. The first-order valence-corrected chi connectivity index (χ1v) is 5.56. The number of aromatic hydroxyl groups is 2. The molecular weight excluding hydrogens is 266 g/mol. The van der Waals surface area contributed by atoms with Gasteiger partial charge in [0.25, 0.3) is 0 Å². The molecule has 0 saturated heterocycles. The Hall–Kier alpha value is -1.13. The van der Waals surface area contributed by atoms with Crippen molar-refractivity contribution < 1.29 is 33.5 Å². The molecule has 0 aliphatic rings. The van der Waals surface area contributed by atoms with Crippen LogP contribution < -0.4 is 4.84 Å². The summed E-state index contributed by atoms with van der Waals surface area (Å²) in [6.45, 7) is 1.16. The van der Waals surface area contributed by atoms with Crippen LogP contribution in [0.1, 0.15) is 5.56 Å². The summed E-state index contributed by atoms with van der Waals surface area (Å²) in [6, 6.07) is 0. The van der Waals surface area contributed by atoms with Crippen LogP contribution >= 0.6 is 22.5 Å². The van der Waals surface area contributed by atoms with Gasteiger partial charge < -0.3 is 28.7 Å². The van der Waals surface area contributed by atoms with E-state index in [2.05, 4.69) is 4.84 Å². The molecule has 92 valence electrons. The van der Waals surface area contributed by atoms with Gasteiger partial charge in [-0.25, -0.2) is 4.79 Å². The monoisotopic (exact) mass is 273 g/mol. The van der Waals surface area contributed by atoms with Gasteiger partial charge in [0.15, 0.2) is 0 Å². The van der Waals surface area contributed by atoms with Gasteiger partial charge in [-0.2, -0.15) is 0 Å². The molecule has 1 aromatic heterocycles. The zero-order chi connectivity index (χ0) is 12.7.